The predicted octanol–water partition coefficient (Wildman–Crippen LogP) is 3.52. The maximum Gasteiger partial charge on any atom is 0.280 e. The first-order valence-electron chi connectivity index (χ1n) is 9.48. The van der Waals surface area contributed by atoms with Crippen LogP contribution < -0.4 is 4.74 Å². The van der Waals surface area contributed by atoms with Crippen molar-refractivity contribution in [3.63, 3.8) is 0 Å². The molecule has 0 bridgehead atoms. The van der Waals surface area contributed by atoms with E-state index < -0.39 is 23.8 Å². The van der Waals surface area contributed by atoms with Crippen LogP contribution in [0.5, 0.6) is 5.88 Å². The third kappa shape index (κ3) is 3.89. The highest BCUT2D eigenvalue weighted by Crippen LogP contribution is 2.35. The second kappa shape index (κ2) is 8.29. The van der Waals surface area contributed by atoms with Crippen molar-refractivity contribution < 1.29 is 22.7 Å². The summed E-state index contributed by atoms with van der Waals surface area (Å²) in [5, 5.41) is 4.02. The number of amides is 1. The van der Waals surface area contributed by atoms with E-state index in [4.69, 9.17) is 16.3 Å². The Kier molecular flexibility index (Phi) is 5.69. The SMILES string of the molecule is COc1nc(Cl)cc(C(=O)N2CC[C@@H](C)[C@H](c3cc(C(F)F)nc4ncnn34)C2)c1F. The van der Waals surface area contributed by atoms with Gasteiger partial charge < -0.3 is 9.64 Å². The van der Waals surface area contributed by atoms with Gasteiger partial charge in [0.05, 0.1) is 18.4 Å². The van der Waals surface area contributed by atoms with Crippen molar-refractivity contribution in [1.82, 2.24) is 29.5 Å². The quantitative estimate of drug-likeness (QED) is 0.561. The lowest BCUT2D eigenvalue weighted by atomic mass is 9.84. The first-order valence-corrected chi connectivity index (χ1v) is 9.86. The Morgan fingerprint density at radius 2 is 2.10 bits per heavy atom. The summed E-state index contributed by atoms with van der Waals surface area (Å²) in [5.74, 6) is -2.11. The molecular weight excluding hydrogens is 437 g/mol. The third-order valence-electron chi connectivity index (χ3n) is 5.47. The van der Waals surface area contributed by atoms with Crippen LogP contribution in [0.4, 0.5) is 13.2 Å². The van der Waals surface area contributed by atoms with Crippen LogP contribution in [0.3, 0.4) is 0 Å². The largest absolute Gasteiger partial charge is 0.479 e. The summed E-state index contributed by atoms with van der Waals surface area (Å²) >= 11 is 5.91. The molecule has 2 atom stereocenters. The number of carbonyl (C=O) groups is 1. The summed E-state index contributed by atoms with van der Waals surface area (Å²) in [5.41, 5.74) is -0.212. The van der Waals surface area contributed by atoms with E-state index in [1.165, 1.54) is 28.9 Å². The van der Waals surface area contributed by atoms with Crippen molar-refractivity contribution in [3.05, 3.63) is 46.4 Å². The van der Waals surface area contributed by atoms with Gasteiger partial charge in [-0.05, 0) is 24.5 Å². The van der Waals surface area contributed by atoms with Crippen LogP contribution in [0.1, 0.15) is 47.4 Å². The number of piperidine rings is 1. The van der Waals surface area contributed by atoms with Gasteiger partial charge in [-0.2, -0.15) is 15.1 Å². The third-order valence-corrected chi connectivity index (χ3v) is 5.66. The molecule has 0 aliphatic carbocycles. The Bertz CT molecular complexity index is 1140. The van der Waals surface area contributed by atoms with E-state index in [0.717, 1.165) is 6.07 Å². The van der Waals surface area contributed by atoms with E-state index in [-0.39, 0.29) is 40.8 Å². The zero-order valence-corrected chi connectivity index (χ0v) is 17.4. The lowest BCUT2D eigenvalue weighted by Gasteiger charge is -2.37. The van der Waals surface area contributed by atoms with Crippen molar-refractivity contribution in [1.29, 1.82) is 0 Å². The Balaban J connectivity index is 1.70. The summed E-state index contributed by atoms with van der Waals surface area (Å²) in [6.45, 7) is 2.50. The molecule has 4 heterocycles. The van der Waals surface area contributed by atoms with E-state index >= 15 is 0 Å². The Labute approximate surface area is 180 Å². The standard InChI is InChI=1S/C19H18ClF3N6O2/c1-9-3-4-28(18(30)10-5-14(20)27-17(31-2)15(10)21)7-11(9)13-6-12(16(22)23)26-19-24-8-25-29(13)19/h5-6,8-9,11,16H,3-4,7H2,1-2H3/t9-,11-/m1/s1. The Morgan fingerprint density at radius 1 is 1.32 bits per heavy atom. The number of halogens is 4. The molecule has 1 fully saturated rings. The highest BCUT2D eigenvalue weighted by atomic mass is 35.5. The smallest absolute Gasteiger partial charge is 0.280 e. The van der Waals surface area contributed by atoms with E-state index in [1.807, 2.05) is 6.92 Å². The van der Waals surface area contributed by atoms with E-state index in [9.17, 15) is 18.0 Å². The number of hydrogen-bond acceptors (Lipinski definition) is 6. The molecule has 1 saturated heterocycles. The van der Waals surface area contributed by atoms with E-state index in [2.05, 4.69) is 20.1 Å². The van der Waals surface area contributed by atoms with E-state index in [0.29, 0.717) is 18.7 Å². The number of alkyl halides is 2. The van der Waals surface area contributed by atoms with Crippen LogP contribution in [-0.2, 0) is 0 Å². The van der Waals surface area contributed by atoms with E-state index in [1.54, 1.807) is 0 Å². The van der Waals surface area contributed by atoms with Gasteiger partial charge >= 0.3 is 0 Å². The highest BCUT2D eigenvalue weighted by molar-refractivity contribution is 6.29. The van der Waals surface area contributed by atoms with Crippen molar-refractivity contribution in [3.8, 4) is 5.88 Å². The van der Waals surface area contributed by atoms with Gasteiger partial charge in [0.25, 0.3) is 24.0 Å². The molecule has 1 aliphatic rings. The van der Waals surface area contributed by atoms with Crippen molar-refractivity contribution in [2.45, 2.75) is 25.7 Å². The number of carbonyl (C=O) groups excluding carboxylic acids is 1. The molecule has 0 N–H and O–H groups in total. The van der Waals surface area contributed by atoms with Gasteiger partial charge in [0, 0.05) is 19.0 Å². The molecular formula is C19H18ClF3N6O2. The van der Waals surface area contributed by atoms with Crippen LogP contribution in [-0.4, -0.2) is 55.6 Å². The lowest BCUT2D eigenvalue weighted by Crippen LogP contribution is -2.43. The van der Waals surface area contributed by atoms with Crippen molar-refractivity contribution in [2.24, 2.45) is 5.92 Å². The van der Waals surface area contributed by atoms with Crippen LogP contribution in [0.15, 0.2) is 18.5 Å². The predicted molar refractivity (Wildman–Crippen MR) is 104 cm³/mol. The molecule has 31 heavy (non-hydrogen) atoms. The minimum absolute atomic E-state index is 0.0461. The van der Waals surface area contributed by atoms with Gasteiger partial charge in [-0.3, -0.25) is 4.79 Å². The Morgan fingerprint density at radius 3 is 2.81 bits per heavy atom. The molecule has 1 aliphatic heterocycles. The maximum absolute atomic E-state index is 14.7. The Hall–Kier alpha value is -2.95. The summed E-state index contributed by atoms with van der Waals surface area (Å²) in [6.07, 6.45) is -0.966. The number of hydrogen-bond donors (Lipinski definition) is 0. The number of ether oxygens (including phenoxy) is 1. The summed E-state index contributed by atoms with van der Waals surface area (Å²) in [6, 6.07) is 2.43. The fourth-order valence-electron chi connectivity index (χ4n) is 3.81. The number of nitrogens with zero attached hydrogens (tertiary/aromatic N) is 6. The minimum atomic E-state index is -2.78. The number of likely N-dealkylation sites (tertiary alicyclic amines) is 1. The van der Waals surface area contributed by atoms with Crippen molar-refractivity contribution >= 4 is 23.3 Å². The number of pyridine rings is 1. The topological polar surface area (TPSA) is 85.5 Å². The number of fused-ring (bicyclic) bond motifs is 1. The summed E-state index contributed by atoms with van der Waals surface area (Å²) in [7, 11) is 1.22. The number of methoxy groups -OCH3 is 1. The normalized spacial score (nSPS) is 19.3. The van der Waals surface area contributed by atoms with Gasteiger partial charge in [0.15, 0.2) is 5.82 Å². The van der Waals surface area contributed by atoms with Crippen LogP contribution in [0, 0.1) is 11.7 Å². The fraction of sp³-hybridized carbons (Fsp3) is 0.421. The van der Waals surface area contributed by atoms with Crippen LogP contribution in [0.2, 0.25) is 5.15 Å². The molecule has 3 aromatic heterocycles. The molecule has 0 radical (unpaired) electrons. The fourth-order valence-corrected chi connectivity index (χ4v) is 3.99. The minimum Gasteiger partial charge on any atom is -0.479 e. The van der Waals surface area contributed by atoms with Gasteiger partial charge in [0.1, 0.15) is 17.2 Å². The first-order chi connectivity index (χ1) is 14.8. The number of rotatable bonds is 4. The zero-order chi connectivity index (χ0) is 22.3. The molecule has 1 amide bonds. The van der Waals surface area contributed by atoms with Gasteiger partial charge in [0.2, 0.25) is 0 Å². The number of aromatic nitrogens is 5. The van der Waals surface area contributed by atoms with Gasteiger partial charge in [-0.25, -0.2) is 22.7 Å². The summed E-state index contributed by atoms with van der Waals surface area (Å²) < 4.78 is 47.6. The van der Waals surface area contributed by atoms with Crippen LogP contribution in [0.25, 0.3) is 5.78 Å². The molecule has 8 nitrogen and oxygen atoms in total. The monoisotopic (exact) mass is 454 g/mol. The molecule has 0 unspecified atom stereocenters. The molecule has 0 aromatic carbocycles. The lowest BCUT2D eigenvalue weighted by molar-refractivity contribution is 0.0659. The van der Waals surface area contributed by atoms with Gasteiger partial charge in [-0.15, -0.1) is 0 Å². The average molecular weight is 455 g/mol. The zero-order valence-electron chi connectivity index (χ0n) is 16.6. The molecule has 0 saturated carbocycles. The highest BCUT2D eigenvalue weighted by Gasteiger charge is 2.34. The van der Waals surface area contributed by atoms with Crippen LogP contribution >= 0.6 is 11.6 Å². The average Bonchev–Trinajstić information content (AvgIpc) is 3.23. The molecule has 4 rings (SSSR count). The van der Waals surface area contributed by atoms with Crippen molar-refractivity contribution in [2.75, 3.05) is 20.2 Å². The first kappa shape index (κ1) is 21.3. The summed E-state index contributed by atoms with van der Waals surface area (Å²) in [4.78, 5) is 26.0. The molecule has 164 valence electrons. The molecule has 3 aromatic rings. The molecule has 12 heteroatoms. The molecule has 0 spiro atoms. The second-order valence-electron chi connectivity index (χ2n) is 7.32. The maximum atomic E-state index is 14.7. The van der Waals surface area contributed by atoms with Gasteiger partial charge in [-0.1, -0.05) is 18.5 Å². The second-order valence-corrected chi connectivity index (χ2v) is 7.71.